The van der Waals surface area contributed by atoms with Crippen LogP contribution in [0.2, 0.25) is 0 Å². The second-order valence-corrected chi connectivity index (χ2v) is 6.20. The van der Waals surface area contributed by atoms with Crippen LogP contribution in [0.4, 0.5) is 17.1 Å². The highest BCUT2D eigenvalue weighted by atomic mass is 16.6. The summed E-state index contributed by atoms with van der Waals surface area (Å²) >= 11 is 0. The van der Waals surface area contributed by atoms with Gasteiger partial charge in [-0.1, -0.05) is 0 Å². The quantitative estimate of drug-likeness (QED) is 0.608. The number of nitrogens with zero attached hydrogens (tertiary/aromatic N) is 4. The van der Waals surface area contributed by atoms with Crippen molar-refractivity contribution in [2.75, 3.05) is 39.0 Å². The Labute approximate surface area is 144 Å². The number of nitro benzene ring substituents is 2. The second kappa shape index (κ2) is 7.88. The lowest BCUT2D eigenvalue weighted by Crippen LogP contribution is -2.43. The first kappa shape index (κ1) is 18.6. The number of nitro groups is 2. The smallest absolute Gasteiger partial charge is 0.299 e. The molecule has 0 aromatic heterocycles. The number of hydrogen-bond donors (Lipinski definition) is 1. The second-order valence-electron chi connectivity index (χ2n) is 6.20. The molecule has 0 bridgehead atoms. The summed E-state index contributed by atoms with van der Waals surface area (Å²) in [5, 5.41) is 25.1. The summed E-state index contributed by atoms with van der Waals surface area (Å²) in [5.74, 6) is 0.0393. The van der Waals surface area contributed by atoms with E-state index in [1.807, 2.05) is 4.90 Å². The maximum atomic E-state index is 11.7. The summed E-state index contributed by atoms with van der Waals surface area (Å²) in [4.78, 5) is 36.0. The Morgan fingerprint density at radius 1 is 1.24 bits per heavy atom. The van der Waals surface area contributed by atoms with E-state index in [-0.39, 0.29) is 29.0 Å². The molecule has 1 aliphatic heterocycles. The fraction of sp³-hybridized carbons (Fsp3) is 0.533. The first-order chi connectivity index (χ1) is 11.8. The molecule has 2 rings (SSSR count). The zero-order chi connectivity index (χ0) is 18.6. The van der Waals surface area contributed by atoms with Gasteiger partial charge in [0.2, 0.25) is 5.91 Å². The van der Waals surface area contributed by atoms with Crippen molar-refractivity contribution >= 4 is 23.0 Å². The van der Waals surface area contributed by atoms with E-state index in [2.05, 4.69) is 5.32 Å². The Balaban J connectivity index is 1.99. The fourth-order valence-corrected chi connectivity index (χ4v) is 2.69. The number of anilines is 1. The van der Waals surface area contributed by atoms with Gasteiger partial charge in [-0.05, 0) is 18.9 Å². The van der Waals surface area contributed by atoms with Crippen LogP contribution in [0, 0.1) is 20.2 Å². The highest BCUT2D eigenvalue weighted by Gasteiger charge is 2.25. The standard InChI is InChI=1S/C15H21N5O5/c1-17(2)15(21)10-18-7-5-11(6-8-18)16-13-4-3-12(19(22)23)9-14(13)20(24)25/h3-4,9,11,16H,5-8,10H2,1-2H3. The minimum Gasteiger partial charge on any atom is -0.377 e. The van der Waals surface area contributed by atoms with Gasteiger partial charge in [0, 0.05) is 39.3 Å². The van der Waals surface area contributed by atoms with Gasteiger partial charge in [0.1, 0.15) is 5.69 Å². The molecule has 1 N–H and O–H groups in total. The lowest BCUT2D eigenvalue weighted by Gasteiger charge is -2.32. The highest BCUT2D eigenvalue weighted by Crippen LogP contribution is 2.30. The van der Waals surface area contributed by atoms with Crippen LogP contribution in [0.3, 0.4) is 0 Å². The molecule has 0 spiro atoms. The number of piperidine rings is 1. The largest absolute Gasteiger partial charge is 0.377 e. The van der Waals surface area contributed by atoms with E-state index in [1.165, 1.54) is 12.1 Å². The van der Waals surface area contributed by atoms with Gasteiger partial charge >= 0.3 is 0 Å². The molecule has 25 heavy (non-hydrogen) atoms. The van der Waals surface area contributed by atoms with Crippen molar-refractivity contribution < 1.29 is 14.6 Å². The SMILES string of the molecule is CN(C)C(=O)CN1CCC(Nc2ccc([N+](=O)[O-])cc2[N+](=O)[O-])CC1. The summed E-state index contributed by atoms with van der Waals surface area (Å²) in [5.41, 5.74) is -0.341. The van der Waals surface area contributed by atoms with Crippen molar-refractivity contribution in [3.8, 4) is 0 Å². The van der Waals surface area contributed by atoms with Crippen LogP contribution in [-0.4, -0.2) is 65.3 Å². The number of likely N-dealkylation sites (tertiary alicyclic amines) is 1. The van der Waals surface area contributed by atoms with Gasteiger partial charge in [-0.15, -0.1) is 0 Å². The van der Waals surface area contributed by atoms with E-state index in [4.69, 9.17) is 0 Å². The zero-order valence-electron chi connectivity index (χ0n) is 14.2. The number of nitrogens with one attached hydrogen (secondary N) is 1. The van der Waals surface area contributed by atoms with Crippen LogP contribution in [0.15, 0.2) is 18.2 Å². The Morgan fingerprint density at radius 3 is 2.40 bits per heavy atom. The molecule has 1 amide bonds. The third-order valence-corrected chi connectivity index (χ3v) is 4.19. The summed E-state index contributed by atoms with van der Waals surface area (Å²) in [6, 6.07) is 3.61. The molecule has 1 aromatic carbocycles. The number of carbonyl (C=O) groups excluding carboxylic acids is 1. The van der Waals surface area contributed by atoms with Crippen LogP contribution < -0.4 is 5.32 Å². The van der Waals surface area contributed by atoms with Gasteiger partial charge < -0.3 is 10.2 Å². The predicted molar refractivity (Wildman–Crippen MR) is 91.5 cm³/mol. The molecule has 10 nitrogen and oxygen atoms in total. The predicted octanol–water partition coefficient (Wildman–Crippen LogP) is 1.47. The number of hydrogen-bond acceptors (Lipinski definition) is 7. The molecular formula is C15H21N5O5. The summed E-state index contributed by atoms with van der Waals surface area (Å²) in [6.07, 6.45) is 1.46. The Hall–Kier alpha value is -2.75. The zero-order valence-corrected chi connectivity index (χ0v) is 14.2. The van der Waals surface area contributed by atoms with E-state index < -0.39 is 9.85 Å². The molecule has 0 saturated carbocycles. The molecular weight excluding hydrogens is 330 g/mol. The number of rotatable bonds is 6. The topological polar surface area (TPSA) is 122 Å². The third-order valence-electron chi connectivity index (χ3n) is 4.19. The maximum Gasteiger partial charge on any atom is 0.299 e. The molecule has 0 radical (unpaired) electrons. The molecule has 0 aliphatic carbocycles. The molecule has 1 fully saturated rings. The van der Waals surface area contributed by atoms with Crippen molar-refractivity contribution in [3.63, 3.8) is 0 Å². The van der Waals surface area contributed by atoms with Gasteiger partial charge in [-0.25, -0.2) is 0 Å². The molecule has 136 valence electrons. The maximum absolute atomic E-state index is 11.7. The lowest BCUT2D eigenvalue weighted by atomic mass is 10.0. The van der Waals surface area contributed by atoms with Crippen LogP contribution in [0.5, 0.6) is 0 Å². The van der Waals surface area contributed by atoms with E-state index in [0.717, 1.165) is 18.9 Å². The highest BCUT2D eigenvalue weighted by molar-refractivity contribution is 5.77. The average molecular weight is 351 g/mol. The number of non-ortho nitro benzene ring substituents is 1. The summed E-state index contributed by atoms with van der Waals surface area (Å²) in [7, 11) is 3.43. The Bertz CT molecular complexity index is 670. The van der Waals surface area contributed by atoms with Gasteiger partial charge in [-0.2, -0.15) is 0 Å². The van der Waals surface area contributed by atoms with Crippen LogP contribution >= 0.6 is 0 Å². The fourth-order valence-electron chi connectivity index (χ4n) is 2.69. The minimum atomic E-state index is -0.656. The third kappa shape index (κ3) is 4.86. The first-order valence-electron chi connectivity index (χ1n) is 7.90. The summed E-state index contributed by atoms with van der Waals surface area (Å²) in [6.45, 7) is 1.77. The molecule has 10 heteroatoms. The molecule has 1 heterocycles. The minimum absolute atomic E-state index is 0.0193. The molecule has 0 unspecified atom stereocenters. The van der Waals surface area contributed by atoms with Crippen molar-refractivity contribution in [3.05, 3.63) is 38.4 Å². The monoisotopic (exact) mass is 351 g/mol. The molecule has 0 atom stereocenters. The van der Waals surface area contributed by atoms with E-state index in [0.29, 0.717) is 19.6 Å². The van der Waals surface area contributed by atoms with Crippen molar-refractivity contribution in [1.82, 2.24) is 9.80 Å². The molecule has 1 aromatic rings. The van der Waals surface area contributed by atoms with Crippen LogP contribution in [0.25, 0.3) is 0 Å². The van der Waals surface area contributed by atoms with Crippen LogP contribution in [0.1, 0.15) is 12.8 Å². The molecule has 1 aliphatic rings. The normalized spacial score (nSPS) is 15.6. The number of benzene rings is 1. The molecule has 1 saturated heterocycles. The number of amides is 1. The van der Waals surface area contributed by atoms with Crippen molar-refractivity contribution in [1.29, 1.82) is 0 Å². The number of likely N-dealkylation sites (N-methyl/N-ethyl adjacent to an activating group) is 1. The Kier molecular flexibility index (Phi) is 5.86. The van der Waals surface area contributed by atoms with Crippen molar-refractivity contribution in [2.45, 2.75) is 18.9 Å². The average Bonchev–Trinajstić information content (AvgIpc) is 2.56. The van der Waals surface area contributed by atoms with E-state index in [9.17, 15) is 25.0 Å². The van der Waals surface area contributed by atoms with Gasteiger partial charge in [0.25, 0.3) is 11.4 Å². The lowest BCUT2D eigenvalue weighted by molar-refractivity contribution is -0.393. The van der Waals surface area contributed by atoms with Crippen LogP contribution in [-0.2, 0) is 4.79 Å². The van der Waals surface area contributed by atoms with Gasteiger partial charge in [-0.3, -0.25) is 29.9 Å². The van der Waals surface area contributed by atoms with Gasteiger partial charge in [0.05, 0.1) is 22.5 Å². The van der Waals surface area contributed by atoms with Crippen molar-refractivity contribution in [2.24, 2.45) is 0 Å². The van der Waals surface area contributed by atoms with E-state index in [1.54, 1.807) is 19.0 Å². The van der Waals surface area contributed by atoms with E-state index >= 15 is 0 Å². The first-order valence-corrected chi connectivity index (χ1v) is 7.90. The number of carbonyl (C=O) groups is 1. The Morgan fingerprint density at radius 2 is 1.88 bits per heavy atom. The van der Waals surface area contributed by atoms with Gasteiger partial charge in [0.15, 0.2) is 0 Å². The summed E-state index contributed by atoms with van der Waals surface area (Å²) < 4.78 is 0.